The molecule has 3 saturated heterocycles. The van der Waals surface area contributed by atoms with Crippen molar-refractivity contribution in [1.82, 2.24) is 25.6 Å². The van der Waals surface area contributed by atoms with Gasteiger partial charge in [0, 0.05) is 51.0 Å². The van der Waals surface area contributed by atoms with Gasteiger partial charge in [0.05, 0.1) is 24.7 Å². The van der Waals surface area contributed by atoms with Gasteiger partial charge in [-0.05, 0) is 31.5 Å². The van der Waals surface area contributed by atoms with Gasteiger partial charge >= 0.3 is 6.18 Å². The van der Waals surface area contributed by atoms with Crippen LogP contribution in [0.3, 0.4) is 0 Å². The number of hydrazine groups is 1. The maximum Gasteiger partial charge on any atom is 0.402 e. The van der Waals surface area contributed by atoms with E-state index in [0.717, 1.165) is 12.2 Å². The van der Waals surface area contributed by atoms with Crippen molar-refractivity contribution in [2.75, 3.05) is 57.4 Å². The molecule has 2 amide bonds. The van der Waals surface area contributed by atoms with Crippen molar-refractivity contribution in [3.63, 3.8) is 0 Å². The normalized spacial score (nSPS) is 26.0. The van der Waals surface area contributed by atoms with E-state index < -0.39 is 24.0 Å². The summed E-state index contributed by atoms with van der Waals surface area (Å²) in [4.78, 5) is 34.8. The second kappa shape index (κ2) is 11.6. The molecule has 3 fully saturated rings. The van der Waals surface area contributed by atoms with E-state index >= 15 is 0 Å². The van der Waals surface area contributed by atoms with E-state index in [1.54, 1.807) is 28.9 Å². The number of halogens is 3. The van der Waals surface area contributed by atoms with E-state index in [1.165, 1.54) is 6.20 Å². The molecular formula is C24H32F3N7O3. The second-order valence-electron chi connectivity index (χ2n) is 9.76. The Hall–Kier alpha value is -2.95. The molecule has 10 nitrogen and oxygen atoms in total. The van der Waals surface area contributed by atoms with Gasteiger partial charge in [-0.25, -0.2) is 10.4 Å². The van der Waals surface area contributed by atoms with Gasteiger partial charge in [0.2, 0.25) is 11.8 Å². The molecule has 37 heavy (non-hydrogen) atoms. The Morgan fingerprint density at radius 3 is 2.68 bits per heavy atom. The average Bonchev–Trinajstić information content (AvgIpc) is 3.36. The van der Waals surface area contributed by atoms with E-state index in [2.05, 4.69) is 20.7 Å². The molecule has 1 aromatic heterocycles. The lowest BCUT2D eigenvalue weighted by molar-refractivity contribution is -0.201. The number of piperazine rings is 1. The van der Waals surface area contributed by atoms with Crippen molar-refractivity contribution in [3.8, 4) is 6.07 Å². The van der Waals surface area contributed by atoms with Crippen LogP contribution in [-0.2, 0) is 14.3 Å². The summed E-state index contributed by atoms with van der Waals surface area (Å²) >= 11 is 0. The van der Waals surface area contributed by atoms with E-state index in [0.29, 0.717) is 44.7 Å². The number of likely N-dealkylation sites (tertiary alicyclic amines) is 1. The molecule has 0 saturated carbocycles. The summed E-state index contributed by atoms with van der Waals surface area (Å²) in [6.07, 6.45) is -1.70. The smallest absolute Gasteiger partial charge is 0.379 e. The number of pyridine rings is 1. The number of nitrogens with one attached hydrogen (secondary N) is 2. The summed E-state index contributed by atoms with van der Waals surface area (Å²) in [6.45, 7) is 4.97. The number of rotatable bonds is 7. The lowest BCUT2D eigenvalue weighted by Gasteiger charge is -2.41. The molecule has 0 radical (unpaired) electrons. The van der Waals surface area contributed by atoms with E-state index in [1.807, 2.05) is 6.07 Å². The quantitative estimate of drug-likeness (QED) is 0.542. The molecule has 0 aliphatic carbocycles. The van der Waals surface area contributed by atoms with Crippen LogP contribution in [0.4, 0.5) is 19.0 Å². The number of alkyl halides is 3. The van der Waals surface area contributed by atoms with Crippen LogP contribution >= 0.6 is 0 Å². The van der Waals surface area contributed by atoms with Crippen LogP contribution in [0.5, 0.6) is 0 Å². The van der Waals surface area contributed by atoms with Crippen LogP contribution in [0.15, 0.2) is 18.3 Å². The third-order valence-corrected chi connectivity index (χ3v) is 7.28. The number of nitriles is 1. The minimum Gasteiger partial charge on any atom is -0.379 e. The number of hydrogen-bond acceptors (Lipinski definition) is 8. The summed E-state index contributed by atoms with van der Waals surface area (Å²) in [5.41, 5.74) is 5.17. The molecule has 0 spiro atoms. The highest BCUT2D eigenvalue weighted by Gasteiger charge is 2.54. The second-order valence-corrected chi connectivity index (χ2v) is 9.76. The molecule has 3 aliphatic heterocycles. The zero-order valence-corrected chi connectivity index (χ0v) is 20.7. The van der Waals surface area contributed by atoms with Crippen molar-refractivity contribution < 1.29 is 27.5 Å². The lowest BCUT2D eigenvalue weighted by Crippen LogP contribution is -2.65. The fourth-order valence-corrected chi connectivity index (χ4v) is 5.32. The van der Waals surface area contributed by atoms with Crippen molar-refractivity contribution >= 4 is 17.6 Å². The molecule has 202 valence electrons. The van der Waals surface area contributed by atoms with Gasteiger partial charge in [0.25, 0.3) is 0 Å². The minimum atomic E-state index is -4.63. The van der Waals surface area contributed by atoms with Crippen molar-refractivity contribution in [1.29, 1.82) is 5.26 Å². The van der Waals surface area contributed by atoms with Crippen LogP contribution < -0.4 is 15.8 Å². The SMILES string of the molecule is C[C@H](COC[C@@H]1CCCN1C1CNNC(=O)C1C(F)(F)F)C(=O)N1CCN(c2ccc(C#N)cn2)CC1. The summed E-state index contributed by atoms with van der Waals surface area (Å²) in [7, 11) is 0. The van der Waals surface area contributed by atoms with Crippen LogP contribution in [0.25, 0.3) is 0 Å². The van der Waals surface area contributed by atoms with Gasteiger partial charge in [0.15, 0.2) is 5.92 Å². The molecule has 2 N–H and O–H groups in total. The van der Waals surface area contributed by atoms with Crippen molar-refractivity contribution in [2.45, 2.75) is 38.0 Å². The van der Waals surface area contributed by atoms with Crippen LogP contribution in [0.1, 0.15) is 25.3 Å². The molecule has 1 aromatic rings. The topological polar surface area (TPSA) is 114 Å². The predicted molar refractivity (Wildman–Crippen MR) is 127 cm³/mol. The van der Waals surface area contributed by atoms with Crippen molar-refractivity contribution in [3.05, 3.63) is 23.9 Å². The highest BCUT2D eigenvalue weighted by atomic mass is 19.4. The largest absolute Gasteiger partial charge is 0.402 e. The number of anilines is 1. The predicted octanol–water partition coefficient (Wildman–Crippen LogP) is 0.900. The Kier molecular flexibility index (Phi) is 8.51. The van der Waals surface area contributed by atoms with Crippen LogP contribution in [0.2, 0.25) is 0 Å². The first-order chi connectivity index (χ1) is 17.7. The summed E-state index contributed by atoms with van der Waals surface area (Å²) in [5, 5.41) is 8.91. The maximum absolute atomic E-state index is 13.6. The monoisotopic (exact) mass is 523 g/mol. The van der Waals surface area contributed by atoms with E-state index in [9.17, 15) is 22.8 Å². The highest BCUT2D eigenvalue weighted by molar-refractivity contribution is 5.80. The Balaban J connectivity index is 1.24. The van der Waals surface area contributed by atoms with Gasteiger partial charge < -0.3 is 14.5 Å². The molecule has 4 atom stereocenters. The molecule has 13 heteroatoms. The molecule has 0 bridgehead atoms. The first-order valence-corrected chi connectivity index (χ1v) is 12.5. The standard InChI is InChI=1S/C24H32F3N7O3/c1-16(23(36)33-9-7-32(8-10-33)20-5-4-17(11-28)12-29-20)14-37-15-18-3-2-6-34(18)19-13-30-31-22(35)21(19)24(25,26)27/h4-5,12,16,18-19,21,30H,2-3,6-10,13-15H2,1H3,(H,31,35)/t16-,18+,19?,21?/m1/s1. The van der Waals surface area contributed by atoms with Crippen LogP contribution in [0, 0.1) is 23.2 Å². The van der Waals surface area contributed by atoms with E-state index in [-0.39, 0.29) is 37.6 Å². The Bertz CT molecular complexity index is 993. The summed E-state index contributed by atoms with van der Waals surface area (Å²) in [5.74, 6) is -2.81. The Morgan fingerprint density at radius 2 is 2.03 bits per heavy atom. The van der Waals surface area contributed by atoms with Gasteiger partial charge in [-0.3, -0.25) is 19.9 Å². The van der Waals surface area contributed by atoms with Gasteiger partial charge in [-0.15, -0.1) is 0 Å². The van der Waals surface area contributed by atoms with Crippen molar-refractivity contribution in [2.24, 2.45) is 11.8 Å². The first kappa shape index (κ1) is 27.1. The number of nitrogens with zero attached hydrogens (tertiary/aromatic N) is 5. The van der Waals surface area contributed by atoms with Gasteiger partial charge in [0.1, 0.15) is 11.9 Å². The van der Waals surface area contributed by atoms with E-state index in [4.69, 9.17) is 10.00 Å². The molecule has 2 unspecified atom stereocenters. The Morgan fingerprint density at radius 1 is 1.27 bits per heavy atom. The Labute approximate surface area is 213 Å². The first-order valence-electron chi connectivity index (χ1n) is 12.5. The molecule has 4 rings (SSSR count). The zero-order valence-electron chi connectivity index (χ0n) is 20.7. The highest BCUT2D eigenvalue weighted by Crippen LogP contribution is 2.35. The number of carbonyl (C=O) groups is 2. The number of carbonyl (C=O) groups excluding carboxylic acids is 2. The number of aromatic nitrogens is 1. The minimum absolute atomic E-state index is 0.00523. The molecular weight excluding hydrogens is 491 g/mol. The summed E-state index contributed by atoms with van der Waals surface area (Å²) < 4.78 is 46.6. The number of hydrogen-bond donors (Lipinski definition) is 2. The lowest BCUT2D eigenvalue weighted by atomic mass is 9.94. The summed E-state index contributed by atoms with van der Waals surface area (Å²) in [6, 6.07) is 4.32. The molecule has 3 aliphatic rings. The number of ether oxygens (including phenoxy) is 1. The average molecular weight is 524 g/mol. The fraction of sp³-hybridized carbons (Fsp3) is 0.667. The third-order valence-electron chi connectivity index (χ3n) is 7.28. The molecule has 4 heterocycles. The maximum atomic E-state index is 13.6. The third kappa shape index (κ3) is 6.31. The van der Waals surface area contributed by atoms with Crippen LogP contribution in [-0.4, -0.2) is 97.3 Å². The molecule has 0 aromatic carbocycles. The zero-order chi connectivity index (χ0) is 26.6. The number of amides is 2. The van der Waals surface area contributed by atoms with Gasteiger partial charge in [-0.2, -0.15) is 18.4 Å². The van der Waals surface area contributed by atoms with Gasteiger partial charge in [-0.1, -0.05) is 6.92 Å². The fourth-order valence-electron chi connectivity index (χ4n) is 5.32.